The summed E-state index contributed by atoms with van der Waals surface area (Å²) in [5, 5.41) is 8.81. The van der Waals surface area contributed by atoms with E-state index >= 15 is 0 Å². The predicted molar refractivity (Wildman–Crippen MR) is 94.5 cm³/mol. The van der Waals surface area contributed by atoms with Crippen molar-refractivity contribution < 1.29 is 42.5 Å². The first-order valence-corrected chi connectivity index (χ1v) is 8.45. The summed E-state index contributed by atoms with van der Waals surface area (Å²) in [6.45, 7) is 8.48. The lowest BCUT2D eigenvalue weighted by atomic mass is 9.85. The molecule has 0 aliphatic carbocycles. The second kappa shape index (κ2) is 8.12. The Kier molecular flexibility index (Phi) is 6.76. The van der Waals surface area contributed by atoms with Gasteiger partial charge < -0.3 is 19.3 Å². The molecule has 0 aliphatic heterocycles. The molecule has 1 unspecified atom stereocenters. The number of carboxylic acids is 1. The molecule has 0 amide bonds. The molecule has 156 valence electrons. The number of carboxylic acid groups (broad SMARTS) is 1. The monoisotopic (exact) mass is 402 g/mol. The van der Waals surface area contributed by atoms with Gasteiger partial charge in [-0.25, -0.2) is 14.4 Å². The zero-order chi connectivity index (χ0) is 21.9. The molecular formula is C19H24F2O7. The molecule has 1 aromatic rings. The summed E-state index contributed by atoms with van der Waals surface area (Å²) in [5.41, 5.74) is -3.44. The van der Waals surface area contributed by atoms with Crippen LogP contribution in [-0.2, 0) is 14.3 Å². The minimum absolute atomic E-state index is 0.0632. The number of ether oxygens (including phenoxy) is 3. The molecule has 1 atom stereocenters. The molecule has 0 bridgehead atoms. The molecule has 7 nitrogen and oxygen atoms in total. The van der Waals surface area contributed by atoms with E-state index in [-0.39, 0.29) is 11.3 Å². The predicted octanol–water partition coefficient (Wildman–Crippen LogP) is 4.29. The molecule has 28 heavy (non-hydrogen) atoms. The maximum atomic E-state index is 14.1. The molecule has 0 aromatic heterocycles. The normalized spacial score (nSPS) is 14.2. The van der Waals surface area contributed by atoms with Gasteiger partial charge in [-0.1, -0.05) is 13.8 Å². The smallest absolute Gasteiger partial charge is 0.477 e. The summed E-state index contributed by atoms with van der Waals surface area (Å²) >= 11 is 0. The minimum atomic E-state index is -4.30. The minimum Gasteiger partial charge on any atom is -0.477 e. The summed E-state index contributed by atoms with van der Waals surface area (Å²) in [6, 6.07) is 4.90. The van der Waals surface area contributed by atoms with Gasteiger partial charge in [0.25, 0.3) is 0 Å². The van der Waals surface area contributed by atoms with E-state index < -0.39 is 41.1 Å². The lowest BCUT2D eigenvalue weighted by molar-refractivity contribution is -0.214. The first kappa shape index (κ1) is 23.3. The highest BCUT2D eigenvalue weighted by Crippen LogP contribution is 2.39. The number of aliphatic carboxylic acids is 1. The van der Waals surface area contributed by atoms with E-state index in [1.54, 1.807) is 20.8 Å². The van der Waals surface area contributed by atoms with Crippen LogP contribution in [0.15, 0.2) is 24.3 Å². The topological polar surface area (TPSA) is 99.1 Å². The van der Waals surface area contributed by atoms with Gasteiger partial charge in [0.2, 0.25) is 0 Å². The summed E-state index contributed by atoms with van der Waals surface area (Å²) in [5.74, 6) is -8.75. The van der Waals surface area contributed by atoms with Gasteiger partial charge in [-0.3, -0.25) is 0 Å². The summed E-state index contributed by atoms with van der Waals surface area (Å²) in [7, 11) is 0. The molecule has 9 heteroatoms. The second-order valence-electron chi connectivity index (χ2n) is 7.62. The molecule has 1 rings (SSSR count). The zero-order valence-electron chi connectivity index (χ0n) is 16.5. The lowest BCUT2D eigenvalue weighted by Crippen LogP contribution is -2.57. The largest absolute Gasteiger partial charge is 0.514 e. The molecule has 0 fully saturated rings. The van der Waals surface area contributed by atoms with E-state index in [2.05, 4.69) is 0 Å². The number of carbonyl (C=O) groups excluding carboxylic acids is 2. The SMILES string of the molecule is CC(C)C(C)(OC(=O)c1ccc(OC(=O)OC(C)(C)C)cc1)C(F)(F)C(=O)O. The van der Waals surface area contributed by atoms with Gasteiger partial charge in [-0.15, -0.1) is 0 Å². The van der Waals surface area contributed by atoms with Crippen LogP contribution in [0.5, 0.6) is 5.75 Å². The van der Waals surface area contributed by atoms with Crippen molar-refractivity contribution in [2.75, 3.05) is 0 Å². The van der Waals surface area contributed by atoms with Crippen LogP contribution in [-0.4, -0.2) is 40.3 Å². The van der Waals surface area contributed by atoms with Gasteiger partial charge in [0.15, 0.2) is 5.60 Å². The van der Waals surface area contributed by atoms with Gasteiger partial charge >= 0.3 is 24.0 Å². The van der Waals surface area contributed by atoms with Crippen molar-refractivity contribution in [3.8, 4) is 5.75 Å². The number of benzene rings is 1. The van der Waals surface area contributed by atoms with Crippen molar-refractivity contribution in [2.24, 2.45) is 5.92 Å². The van der Waals surface area contributed by atoms with Gasteiger partial charge in [0.05, 0.1) is 5.56 Å². The molecule has 0 spiro atoms. The number of hydrogen-bond donors (Lipinski definition) is 1. The van der Waals surface area contributed by atoms with Crippen molar-refractivity contribution in [3.05, 3.63) is 29.8 Å². The summed E-state index contributed by atoms with van der Waals surface area (Å²) in [4.78, 5) is 34.8. The first-order chi connectivity index (χ1) is 12.6. The van der Waals surface area contributed by atoms with Crippen molar-refractivity contribution >= 4 is 18.1 Å². The molecule has 0 saturated carbocycles. The van der Waals surface area contributed by atoms with Crippen LogP contribution in [0.3, 0.4) is 0 Å². The van der Waals surface area contributed by atoms with Crippen LogP contribution in [0.4, 0.5) is 13.6 Å². The number of esters is 1. The van der Waals surface area contributed by atoms with E-state index in [1.165, 1.54) is 38.1 Å². The molecule has 0 heterocycles. The number of halogens is 2. The number of alkyl halides is 2. The average Bonchev–Trinajstić information content (AvgIpc) is 2.52. The fraction of sp³-hybridized carbons (Fsp3) is 0.526. The molecule has 0 radical (unpaired) electrons. The van der Waals surface area contributed by atoms with Crippen LogP contribution in [0, 0.1) is 5.92 Å². The molecule has 1 N–H and O–H groups in total. The highest BCUT2D eigenvalue weighted by Gasteiger charge is 2.61. The van der Waals surface area contributed by atoms with Gasteiger partial charge in [0.1, 0.15) is 11.4 Å². The van der Waals surface area contributed by atoms with Crippen molar-refractivity contribution in [1.29, 1.82) is 0 Å². The van der Waals surface area contributed by atoms with Crippen molar-refractivity contribution in [3.63, 3.8) is 0 Å². The van der Waals surface area contributed by atoms with E-state index in [0.717, 1.165) is 6.92 Å². The van der Waals surface area contributed by atoms with E-state index in [9.17, 15) is 23.2 Å². The Morgan fingerprint density at radius 3 is 1.86 bits per heavy atom. The maximum absolute atomic E-state index is 14.1. The number of carbonyl (C=O) groups is 3. The highest BCUT2D eigenvalue weighted by molar-refractivity contribution is 5.90. The third kappa shape index (κ3) is 5.40. The number of rotatable bonds is 6. The van der Waals surface area contributed by atoms with Gasteiger partial charge in [0, 0.05) is 0 Å². The van der Waals surface area contributed by atoms with Crippen LogP contribution in [0.1, 0.15) is 51.9 Å². The molecule has 0 aliphatic rings. The fourth-order valence-electron chi connectivity index (χ4n) is 2.03. The Morgan fingerprint density at radius 2 is 1.46 bits per heavy atom. The van der Waals surface area contributed by atoms with Crippen LogP contribution in [0.25, 0.3) is 0 Å². The molecule has 0 saturated heterocycles. The quantitative estimate of drug-likeness (QED) is 0.560. The zero-order valence-corrected chi connectivity index (χ0v) is 16.5. The molecular weight excluding hydrogens is 378 g/mol. The average molecular weight is 402 g/mol. The molecule has 1 aromatic carbocycles. The fourth-order valence-corrected chi connectivity index (χ4v) is 2.03. The van der Waals surface area contributed by atoms with E-state index in [0.29, 0.717) is 0 Å². The third-order valence-corrected chi connectivity index (χ3v) is 3.98. The van der Waals surface area contributed by atoms with Crippen molar-refractivity contribution in [2.45, 2.75) is 58.7 Å². The Bertz CT molecular complexity index is 736. The van der Waals surface area contributed by atoms with Crippen molar-refractivity contribution in [1.82, 2.24) is 0 Å². The lowest BCUT2D eigenvalue weighted by Gasteiger charge is -2.37. The first-order valence-electron chi connectivity index (χ1n) is 8.45. The Balaban J connectivity index is 2.95. The third-order valence-electron chi connectivity index (χ3n) is 3.98. The Hall–Kier alpha value is -2.71. The Morgan fingerprint density at radius 1 is 0.964 bits per heavy atom. The Labute approximate surface area is 161 Å². The van der Waals surface area contributed by atoms with Crippen LogP contribution in [0.2, 0.25) is 0 Å². The summed E-state index contributed by atoms with van der Waals surface area (Å²) in [6.07, 6.45) is -0.948. The highest BCUT2D eigenvalue weighted by atomic mass is 19.3. The van der Waals surface area contributed by atoms with Crippen LogP contribution >= 0.6 is 0 Å². The van der Waals surface area contributed by atoms with Crippen LogP contribution < -0.4 is 4.74 Å². The van der Waals surface area contributed by atoms with E-state index in [1.807, 2.05) is 0 Å². The van der Waals surface area contributed by atoms with E-state index in [4.69, 9.17) is 19.3 Å². The summed E-state index contributed by atoms with van der Waals surface area (Å²) < 4.78 is 43.0. The van der Waals surface area contributed by atoms with Gasteiger partial charge in [-0.05, 0) is 57.9 Å². The maximum Gasteiger partial charge on any atom is 0.514 e. The second-order valence-corrected chi connectivity index (χ2v) is 7.62. The standard InChI is InChI=1S/C19H24F2O7/c1-11(2)18(6,19(20,21)15(23)24)27-14(22)12-7-9-13(10-8-12)26-16(25)28-17(3,4)5/h7-11H,1-6H3,(H,23,24). The van der Waals surface area contributed by atoms with Gasteiger partial charge in [-0.2, -0.15) is 8.78 Å². The number of hydrogen-bond acceptors (Lipinski definition) is 6.